The molecule has 2 N–H and O–H groups in total. The first-order valence-electron chi connectivity index (χ1n) is 5.44. The highest BCUT2D eigenvalue weighted by Gasteiger charge is 2.43. The van der Waals surface area contributed by atoms with Gasteiger partial charge in [0.1, 0.15) is 11.6 Å². The predicted molar refractivity (Wildman–Crippen MR) is 66.1 cm³/mol. The quantitative estimate of drug-likeness (QED) is 0.809. The molecule has 0 unspecified atom stereocenters. The van der Waals surface area contributed by atoms with E-state index in [0.29, 0.717) is 0 Å². The highest BCUT2D eigenvalue weighted by Crippen LogP contribution is 2.30. The van der Waals surface area contributed by atoms with E-state index >= 15 is 0 Å². The van der Waals surface area contributed by atoms with Gasteiger partial charge in [0.2, 0.25) is 16.0 Å². The van der Waals surface area contributed by atoms with Crippen molar-refractivity contribution in [2.45, 2.75) is 12.5 Å². The van der Waals surface area contributed by atoms with Crippen molar-refractivity contribution >= 4 is 16.0 Å². The second-order valence-electron chi connectivity index (χ2n) is 4.65. The van der Waals surface area contributed by atoms with Crippen LogP contribution < -0.4 is 5.32 Å². The van der Waals surface area contributed by atoms with E-state index in [0.717, 1.165) is 22.5 Å². The van der Waals surface area contributed by atoms with Gasteiger partial charge in [-0.15, -0.1) is 0 Å². The zero-order chi connectivity index (χ0) is 14.4. The summed E-state index contributed by atoms with van der Waals surface area (Å²) < 4.78 is 51.6. The van der Waals surface area contributed by atoms with E-state index in [2.05, 4.69) is 5.32 Å². The zero-order valence-electron chi connectivity index (χ0n) is 10.4. The second-order valence-corrected chi connectivity index (χ2v) is 6.65. The molecule has 5 nitrogen and oxygen atoms in total. The Hall–Kier alpha value is -1.70. The first-order chi connectivity index (χ1) is 8.66. The standard InChI is InChI=1S/C11H13F2N3O2S/c1-11(8-5-7(12)3-4-9(8)13)6-19(17,18)16(2)10(14)15-11/h3-5H,6H2,1-2H3,(H2,14,15)/t11-/m0/s1. The lowest BCUT2D eigenvalue weighted by Gasteiger charge is -2.40. The van der Waals surface area contributed by atoms with Crippen LogP contribution in [0.5, 0.6) is 0 Å². The van der Waals surface area contributed by atoms with E-state index in [1.807, 2.05) is 0 Å². The zero-order valence-corrected chi connectivity index (χ0v) is 11.2. The van der Waals surface area contributed by atoms with Crippen LogP contribution in [0.25, 0.3) is 0 Å². The lowest BCUT2D eigenvalue weighted by Crippen LogP contribution is -2.61. The van der Waals surface area contributed by atoms with Crippen molar-refractivity contribution in [3.05, 3.63) is 35.4 Å². The molecular weight excluding hydrogens is 276 g/mol. The van der Waals surface area contributed by atoms with Crippen LogP contribution >= 0.6 is 0 Å². The molecular formula is C11H13F2N3O2S. The van der Waals surface area contributed by atoms with Crippen molar-refractivity contribution in [1.29, 1.82) is 5.41 Å². The van der Waals surface area contributed by atoms with Crippen LogP contribution in [0.3, 0.4) is 0 Å². The molecule has 104 valence electrons. The molecule has 1 aliphatic rings. The second kappa shape index (κ2) is 4.16. The number of sulfonamides is 1. The molecule has 1 fully saturated rings. The van der Waals surface area contributed by atoms with E-state index in [9.17, 15) is 17.2 Å². The van der Waals surface area contributed by atoms with Crippen LogP contribution in [0.2, 0.25) is 0 Å². The minimum absolute atomic E-state index is 0.117. The van der Waals surface area contributed by atoms with Crippen molar-refractivity contribution in [3.63, 3.8) is 0 Å². The molecule has 0 saturated carbocycles. The third kappa shape index (κ3) is 2.27. The number of guanidine groups is 1. The summed E-state index contributed by atoms with van der Waals surface area (Å²) in [7, 11) is -2.51. The third-order valence-electron chi connectivity index (χ3n) is 3.12. The SMILES string of the molecule is CN1C(=N)N[C@](C)(c2cc(F)ccc2F)CS1(=O)=O. The number of rotatable bonds is 1. The average molecular weight is 289 g/mol. The molecule has 0 radical (unpaired) electrons. The van der Waals surface area contributed by atoms with Crippen LogP contribution in [0.1, 0.15) is 12.5 Å². The Bertz CT molecular complexity index is 647. The first-order valence-corrected chi connectivity index (χ1v) is 7.05. The van der Waals surface area contributed by atoms with Gasteiger partial charge < -0.3 is 5.32 Å². The highest BCUT2D eigenvalue weighted by molar-refractivity contribution is 7.89. The van der Waals surface area contributed by atoms with Crippen molar-refractivity contribution < 1.29 is 17.2 Å². The summed E-state index contributed by atoms with van der Waals surface area (Å²) in [5.74, 6) is -2.22. The summed E-state index contributed by atoms with van der Waals surface area (Å²) in [4.78, 5) is 0. The molecule has 1 atom stereocenters. The Balaban J connectivity index is 2.55. The highest BCUT2D eigenvalue weighted by atomic mass is 32.2. The summed E-state index contributed by atoms with van der Waals surface area (Å²) in [6, 6.07) is 2.83. The van der Waals surface area contributed by atoms with Gasteiger partial charge in [-0.2, -0.15) is 0 Å². The van der Waals surface area contributed by atoms with E-state index in [4.69, 9.17) is 5.41 Å². The van der Waals surface area contributed by atoms with Crippen LogP contribution in [0.15, 0.2) is 18.2 Å². The van der Waals surface area contributed by atoms with Crippen LogP contribution in [-0.4, -0.2) is 31.5 Å². The molecule has 1 aromatic rings. The van der Waals surface area contributed by atoms with Gasteiger partial charge >= 0.3 is 0 Å². The summed E-state index contributed by atoms with van der Waals surface area (Å²) >= 11 is 0. The molecule has 1 aromatic carbocycles. The number of hydrogen-bond donors (Lipinski definition) is 2. The Morgan fingerprint density at radius 3 is 2.63 bits per heavy atom. The minimum atomic E-state index is -3.74. The van der Waals surface area contributed by atoms with Gasteiger partial charge in [0, 0.05) is 12.6 Å². The van der Waals surface area contributed by atoms with Crippen LogP contribution in [-0.2, 0) is 15.6 Å². The van der Waals surface area contributed by atoms with Gasteiger partial charge in [-0.1, -0.05) is 0 Å². The molecule has 1 saturated heterocycles. The van der Waals surface area contributed by atoms with E-state index in [1.165, 1.54) is 14.0 Å². The maximum Gasteiger partial charge on any atom is 0.239 e. The fourth-order valence-corrected chi connectivity index (χ4v) is 3.52. The van der Waals surface area contributed by atoms with Gasteiger partial charge in [-0.05, 0) is 25.1 Å². The minimum Gasteiger partial charge on any atom is -0.345 e. The molecule has 0 bridgehead atoms. The lowest BCUT2D eigenvalue weighted by atomic mass is 9.93. The smallest absolute Gasteiger partial charge is 0.239 e. The van der Waals surface area contributed by atoms with Gasteiger partial charge in [0.15, 0.2) is 0 Å². The normalized spacial score (nSPS) is 26.1. The van der Waals surface area contributed by atoms with Crippen molar-refractivity contribution in [1.82, 2.24) is 9.62 Å². The largest absolute Gasteiger partial charge is 0.345 e. The van der Waals surface area contributed by atoms with Crippen molar-refractivity contribution in [3.8, 4) is 0 Å². The number of benzene rings is 1. The first kappa shape index (κ1) is 13.7. The van der Waals surface area contributed by atoms with Gasteiger partial charge in [-0.3, -0.25) is 5.41 Å². The number of halogens is 2. The predicted octanol–water partition coefficient (Wildman–Crippen LogP) is 0.980. The summed E-state index contributed by atoms with van der Waals surface area (Å²) in [6.45, 7) is 1.42. The number of hydrogen-bond acceptors (Lipinski definition) is 3. The molecule has 0 spiro atoms. The fourth-order valence-electron chi connectivity index (χ4n) is 2.04. The average Bonchev–Trinajstić information content (AvgIpc) is 2.28. The van der Waals surface area contributed by atoms with Gasteiger partial charge in [-0.25, -0.2) is 21.5 Å². The van der Waals surface area contributed by atoms with Crippen LogP contribution in [0, 0.1) is 17.0 Å². The maximum absolute atomic E-state index is 13.8. The Labute approximate surface area is 109 Å². The molecule has 0 amide bonds. The molecule has 1 aliphatic heterocycles. The summed E-state index contributed by atoms with van der Waals surface area (Å²) in [5, 5.41) is 10.2. The number of nitrogens with one attached hydrogen (secondary N) is 2. The molecule has 0 aliphatic carbocycles. The summed E-state index contributed by atoms with van der Waals surface area (Å²) in [6.07, 6.45) is 0. The monoisotopic (exact) mass is 289 g/mol. The molecule has 1 heterocycles. The van der Waals surface area contributed by atoms with E-state index in [1.54, 1.807) is 0 Å². The molecule has 19 heavy (non-hydrogen) atoms. The topological polar surface area (TPSA) is 73.3 Å². The maximum atomic E-state index is 13.8. The van der Waals surface area contributed by atoms with Crippen LogP contribution in [0.4, 0.5) is 8.78 Å². The molecule has 8 heteroatoms. The fraction of sp³-hybridized carbons (Fsp3) is 0.364. The van der Waals surface area contributed by atoms with Gasteiger partial charge in [0.25, 0.3) is 0 Å². The third-order valence-corrected chi connectivity index (χ3v) is 5.08. The molecule has 2 rings (SSSR count). The van der Waals surface area contributed by atoms with Crippen molar-refractivity contribution in [2.24, 2.45) is 0 Å². The van der Waals surface area contributed by atoms with Gasteiger partial charge in [0.05, 0.1) is 11.3 Å². The Morgan fingerprint density at radius 1 is 1.42 bits per heavy atom. The van der Waals surface area contributed by atoms with E-state index < -0.39 is 32.9 Å². The van der Waals surface area contributed by atoms with Crippen molar-refractivity contribution in [2.75, 3.05) is 12.8 Å². The molecule has 0 aromatic heterocycles. The Kier molecular flexibility index (Phi) is 3.00. The summed E-state index contributed by atoms with van der Waals surface area (Å²) in [5.41, 5.74) is -1.50. The number of nitrogens with zero attached hydrogens (tertiary/aromatic N) is 1. The Morgan fingerprint density at radius 2 is 2.05 bits per heavy atom. The lowest BCUT2D eigenvalue weighted by molar-refractivity contribution is 0.400. The van der Waals surface area contributed by atoms with E-state index in [-0.39, 0.29) is 11.5 Å².